The number of ether oxygens (including phenoxy) is 1. The van der Waals surface area contributed by atoms with Gasteiger partial charge in [0, 0.05) is 11.3 Å². The van der Waals surface area contributed by atoms with Crippen molar-refractivity contribution in [2.45, 2.75) is 13.3 Å². The highest BCUT2D eigenvalue weighted by Crippen LogP contribution is 2.27. The fraction of sp³-hybridized carbons (Fsp3) is 0.333. The second-order valence-electron chi connectivity index (χ2n) is 3.69. The number of benzene rings is 1. The van der Waals surface area contributed by atoms with Gasteiger partial charge in [-0.1, -0.05) is 11.6 Å². The molecule has 1 aromatic carbocycles. The lowest BCUT2D eigenvalue weighted by Gasteiger charge is -2.09. The molecule has 0 atom stereocenters. The van der Waals surface area contributed by atoms with Crippen molar-refractivity contribution in [1.82, 2.24) is 9.97 Å². The van der Waals surface area contributed by atoms with Gasteiger partial charge in [0.2, 0.25) is 0 Å². The lowest BCUT2D eigenvalue weighted by atomic mass is 10.1. The molecule has 0 radical (unpaired) electrons. The molecule has 0 aliphatic carbocycles. The van der Waals surface area contributed by atoms with Crippen LogP contribution in [0.2, 0.25) is 5.15 Å². The average Bonchev–Trinajstić information content (AvgIpc) is 2.31. The van der Waals surface area contributed by atoms with Crippen LogP contribution in [0.15, 0.2) is 18.5 Å². The largest absolute Gasteiger partial charge is 0.493 e. The van der Waals surface area contributed by atoms with Crippen LogP contribution in [-0.2, 0) is 0 Å². The number of aromatic nitrogens is 2. The van der Waals surface area contributed by atoms with Crippen LogP contribution in [0.3, 0.4) is 0 Å². The summed E-state index contributed by atoms with van der Waals surface area (Å²) in [5.41, 5.74) is 1.86. The second-order valence-corrected chi connectivity index (χ2v) is 4.43. The van der Waals surface area contributed by atoms with Crippen LogP contribution in [0.1, 0.15) is 12.0 Å². The van der Waals surface area contributed by atoms with E-state index in [1.807, 2.05) is 19.1 Å². The Morgan fingerprint density at radius 3 is 2.88 bits per heavy atom. The van der Waals surface area contributed by atoms with Gasteiger partial charge in [-0.05, 0) is 31.0 Å². The molecule has 0 fully saturated rings. The summed E-state index contributed by atoms with van der Waals surface area (Å²) in [4.78, 5) is 8.12. The van der Waals surface area contributed by atoms with Crippen LogP contribution >= 0.6 is 23.2 Å². The van der Waals surface area contributed by atoms with E-state index < -0.39 is 0 Å². The van der Waals surface area contributed by atoms with Gasteiger partial charge in [0.1, 0.15) is 17.2 Å². The van der Waals surface area contributed by atoms with Crippen LogP contribution in [0, 0.1) is 6.92 Å². The molecule has 0 saturated carbocycles. The predicted octanol–water partition coefficient (Wildman–Crippen LogP) is 3.60. The summed E-state index contributed by atoms with van der Waals surface area (Å²) in [5, 5.41) is 1.25. The van der Waals surface area contributed by atoms with Gasteiger partial charge in [-0.25, -0.2) is 9.97 Å². The molecule has 90 valence electrons. The Morgan fingerprint density at radius 2 is 2.12 bits per heavy atom. The van der Waals surface area contributed by atoms with E-state index in [-0.39, 0.29) is 0 Å². The molecule has 3 nitrogen and oxygen atoms in total. The van der Waals surface area contributed by atoms with E-state index in [1.165, 1.54) is 6.33 Å². The zero-order valence-electron chi connectivity index (χ0n) is 9.41. The molecule has 0 aliphatic rings. The van der Waals surface area contributed by atoms with Crippen molar-refractivity contribution in [2.75, 3.05) is 12.5 Å². The minimum atomic E-state index is 0.442. The number of nitrogens with zero attached hydrogens (tertiary/aromatic N) is 2. The van der Waals surface area contributed by atoms with E-state index in [0.717, 1.165) is 28.6 Å². The fourth-order valence-corrected chi connectivity index (χ4v) is 1.85. The molecule has 2 rings (SSSR count). The first-order valence-electron chi connectivity index (χ1n) is 5.32. The predicted molar refractivity (Wildman–Crippen MR) is 70.1 cm³/mol. The van der Waals surface area contributed by atoms with Crippen molar-refractivity contribution in [3.63, 3.8) is 0 Å². The molecule has 2 aromatic rings. The number of hydrogen-bond acceptors (Lipinski definition) is 3. The molecule has 0 aliphatic heterocycles. The third kappa shape index (κ3) is 2.79. The number of fused-ring (bicyclic) bond motifs is 1. The van der Waals surface area contributed by atoms with Crippen LogP contribution in [0.25, 0.3) is 10.9 Å². The molecule has 0 unspecified atom stereocenters. The van der Waals surface area contributed by atoms with Crippen LogP contribution in [0.4, 0.5) is 0 Å². The highest BCUT2D eigenvalue weighted by Gasteiger charge is 2.06. The highest BCUT2D eigenvalue weighted by molar-refractivity contribution is 6.34. The first kappa shape index (κ1) is 12.4. The molecule has 1 aromatic heterocycles. The molecule has 0 amide bonds. The topological polar surface area (TPSA) is 35.0 Å². The minimum Gasteiger partial charge on any atom is -0.493 e. The normalized spacial score (nSPS) is 10.8. The Labute approximate surface area is 110 Å². The van der Waals surface area contributed by atoms with E-state index in [4.69, 9.17) is 27.9 Å². The molecular formula is C12H12Cl2N2O. The van der Waals surface area contributed by atoms with Crippen LogP contribution in [-0.4, -0.2) is 22.5 Å². The smallest absolute Gasteiger partial charge is 0.140 e. The van der Waals surface area contributed by atoms with Crippen LogP contribution < -0.4 is 4.74 Å². The summed E-state index contributed by atoms with van der Waals surface area (Å²) >= 11 is 11.6. The summed E-state index contributed by atoms with van der Waals surface area (Å²) in [6, 6.07) is 3.82. The Kier molecular flexibility index (Phi) is 4.02. The Hall–Kier alpha value is -1.06. The van der Waals surface area contributed by atoms with Gasteiger partial charge in [0.15, 0.2) is 0 Å². The van der Waals surface area contributed by atoms with Crippen molar-refractivity contribution >= 4 is 34.1 Å². The second kappa shape index (κ2) is 5.52. The zero-order valence-corrected chi connectivity index (χ0v) is 10.9. The molecule has 1 heterocycles. The summed E-state index contributed by atoms with van der Waals surface area (Å²) in [5.74, 6) is 1.40. The third-order valence-corrected chi connectivity index (χ3v) is 2.99. The number of rotatable bonds is 4. The standard InChI is InChI=1S/C12H12Cl2N2O/c1-8-5-10-9(12(14)16-7-15-10)6-11(8)17-4-2-3-13/h5-7H,2-4H2,1H3. The number of hydrogen-bond donors (Lipinski definition) is 0. The lowest BCUT2D eigenvalue weighted by molar-refractivity contribution is 0.316. The summed E-state index contributed by atoms with van der Waals surface area (Å²) in [6.07, 6.45) is 2.27. The van der Waals surface area contributed by atoms with Crippen molar-refractivity contribution in [1.29, 1.82) is 0 Å². The van der Waals surface area contributed by atoms with E-state index in [2.05, 4.69) is 9.97 Å². The zero-order chi connectivity index (χ0) is 12.3. The van der Waals surface area contributed by atoms with Gasteiger partial charge in [-0.2, -0.15) is 0 Å². The van der Waals surface area contributed by atoms with Gasteiger partial charge in [-0.3, -0.25) is 0 Å². The van der Waals surface area contributed by atoms with Crippen molar-refractivity contribution in [3.05, 3.63) is 29.2 Å². The molecule has 0 spiro atoms. The van der Waals surface area contributed by atoms with Crippen LogP contribution in [0.5, 0.6) is 5.75 Å². The number of halogens is 2. The molecule has 0 bridgehead atoms. The van der Waals surface area contributed by atoms with Crippen molar-refractivity contribution in [3.8, 4) is 5.75 Å². The van der Waals surface area contributed by atoms with E-state index in [0.29, 0.717) is 17.6 Å². The Bertz CT molecular complexity index is 531. The lowest BCUT2D eigenvalue weighted by Crippen LogP contribution is -1.99. The molecular weight excluding hydrogens is 259 g/mol. The maximum Gasteiger partial charge on any atom is 0.140 e. The molecule has 5 heteroatoms. The van der Waals surface area contributed by atoms with E-state index in [9.17, 15) is 0 Å². The number of aryl methyl sites for hydroxylation is 1. The minimum absolute atomic E-state index is 0.442. The fourth-order valence-electron chi connectivity index (χ4n) is 1.55. The van der Waals surface area contributed by atoms with Gasteiger partial charge < -0.3 is 4.74 Å². The van der Waals surface area contributed by atoms with Gasteiger partial charge in [-0.15, -0.1) is 11.6 Å². The average molecular weight is 271 g/mol. The Morgan fingerprint density at radius 1 is 1.29 bits per heavy atom. The summed E-state index contributed by atoms with van der Waals surface area (Å²) < 4.78 is 5.64. The van der Waals surface area contributed by atoms with Gasteiger partial charge >= 0.3 is 0 Å². The SMILES string of the molecule is Cc1cc2ncnc(Cl)c2cc1OCCCCl. The molecule has 0 N–H and O–H groups in total. The van der Waals surface area contributed by atoms with E-state index >= 15 is 0 Å². The van der Waals surface area contributed by atoms with Crippen molar-refractivity contribution < 1.29 is 4.74 Å². The maximum absolute atomic E-state index is 6.01. The summed E-state index contributed by atoms with van der Waals surface area (Å²) in [6.45, 7) is 2.58. The maximum atomic E-state index is 6.01. The van der Waals surface area contributed by atoms with Gasteiger partial charge in [0.05, 0.1) is 12.1 Å². The molecule has 0 saturated heterocycles. The summed E-state index contributed by atoms with van der Waals surface area (Å²) in [7, 11) is 0. The first-order chi connectivity index (χ1) is 8.22. The van der Waals surface area contributed by atoms with Crippen molar-refractivity contribution in [2.24, 2.45) is 0 Å². The third-order valence-electron chi connectivity index (χ3n) is 2.42. The molecule has 17 heavy (non-hydrogen) atoms. The Balaban J connectivity index is 2.36. The van der Waals surface area contributed by atoms with E-state index in [1.54, 1.807) is 0 Å². The van der Waals surface area contributed by atoms with Gasteiger partial charge in [0.25, 0.3) is 0 Å². The monoisotopic (exact) mass is 270 g/mol. The number of alkyl halides is 1. The first-order valence-corrected chi connectivity index (χ1v) is 6.23. The quantitative estimate of drug-likeness (QED) is 0.484. The highest BCUT2D eigenvalue weighted by atomic mass is 35.5.